The summed E-state index contributed by atoms with van der Waals surface area (Å²) >= 11 is 6.88. The van der Waals surface area contributed by atoms with Crippen molar-refractivity contribution in [1.82, 2.24) is 0 Å². The molecule has 5 heteroatoms. The van der Waals surface area contributed by atoms with E-state index in [-0.39, 0.29) is 17.6 Å². The molecular weight excluding hydrogens is 316 g/mol. The first-order chi connectivity index (χ1) is 6.58. The molecular formula is C9H10Br2O3. The van der Waals surface area contributed by atoms with Crippen LogP contribution in [0, 0.1) is 11.8 Å². The van der Waals surface area contributed by atoms with Gasteiger partial charge in [0.05, 0.1) is 5.92 Å². The Hall–Kier alpha value is 0.290. The second kappa shape index (κ2) is 3.40. The van der Waals surface area contributed by atoms with Crippen molar-refractivity contribution >= 4 is 37.6 Å². The molecule has 0 N–H and O–H groups in total. The molecule has 3 nitrogen and oxygen atoms in total. The Morgan fingerprint density at radius 1 is 1.29 bits per heavy atom. The topological polar surface area (TPSA) is 35.5 Å². The van der Waals surface area contributed by atoms with E-state index in [0.717, 1.165) is 8.96 Å². The van der Waals surface area contributed by atoms with Crippen molar-refractivity contribution in [3.63, 3.8) is 0 Å². The van der Waals surface area contributed by atoms with Crippen LogP contribution in [0.1, 0.15) is 6.42 Å². The van der Waals surface area contributed by atoms with Crippen molar-refractivity contribution < 1.29 is 14.3 Å². The summed E-state index contributed by atoms with van der Waals surface area (Å²) in [5.41, 5.74) is 0. The molecule has 0 aliphatic heterocycles. The fourth-order valence-electron chi connectivity index (χ4n) is 2.38. The lowest BCUT2D eigenvalue weighted by atomic mass is 10.0. The van der Waals surface area contributed by atoms with Gasteiger partial charge >= 0.3 is 0 Å². The van der Waals surface area contributed by atoms with Gasteiger partial charge in [-0.15, -0.1) is 0 Å². The molecule has 1 fully saturated rings. The number of ketones is 1. The monoisotopic (exact) mass is 324 g/mol. The van der Waals surface area contributed by atoms with E-state index in [2.05, 4.69) is 31.9 Å². The number of hydrogen-bond acceptors (Lipinski definition) is 3. The predicted octanol–water partition coefficient (Wildman–Crippen LogP) is 2.20. The largest absolute Gasteiger partial charge is 0.352 e. The van der Waals surface area contributed by atoms with Gasteiger partial charge in [-0.25, -0.2) is 0 Å². The van der Waals surface area contributed by atoms with E-state index in [0.29, 0.717) is 6.42 Å². The van der Waals surface area contributed by atoms with Gasteiger partial charge in [-0.2, -0.15) is 0 Å². The van der Waals surface area contributed by atoms with Gasteiger partial charge < -0.3 is 9.47 Å². The fraction of sp³-hybridized carbons (Fsp3) is 0.667. The van der Waals surface area contributed by atoms with Crippen molar-refractivity contribution in [2.24, 2.45) is 11.8 Å². The van der Waals surface area contributed by atoms with Crippen LogP contribution >= 0.6 is 31.9 Å². The van der Waals surface area contributed by atoms with Crippen LogP contribution in [0.15, 0.2) is 8.96 Å². The molecule has 0 saturated heterocycles. The summed E-state index contributed by atoms with van der Waals surface area (Å²) in [6.45, 7) is 0. The van der Waals surface area contributed by atoms with E-state index >= 15 is 0 Å². The molecule has 0 spiro atoms. The zero-order valence-electron chi connectivity index (χ0n) is 7.84. The first-order valence-electron chi connectivity index (χ1n) is 4.26. The van der Waals surface area contributed by atoms with Crippen molar-refractivity contribution in [2.45, 2.75) is 12.2 Å². The lowest BCUT2D eigenvalue weighted by Crippen LogP contribution is -2.41. The van der Waals surface area contributed by atoms with Gasteiger partial charge in [0.1, 0.15) is 11.7 Å². The lowest BCUT2D eigenvalue weighted by molar-refractivity contribution is -0.229. The van der Waals surface area contributed by atoms with Crippen LogP contribution in [0.25, 0.3) is 0 Å². The standard InChI is InChI=1S/C9H10Br2O3/c1-13-9(14-2)4-3-5(12)6(9)8(11)7(4)10/h4,6H,3H2,1-2H3/t4-,6+/m0/s1. The molecule has 2 bridgehead atoms. The van der Waals surface area contributed by atoms with Crippen molar-refractivity contribution in [1.29, 1.82) is 0 Å². The molecule has 0 aromatic heterocycles. The van der Waals surface area contributed by atoms with Crippen molar-refractivity contribution in [2.75, 3.05) is 14.2 Å². The Morgan fingerprint density at radius 2 is 1.86 bits per heavy atom. The molecule has 2 atom stereocenters. The summed E-state index contributed by atoms with van der Waals surface area (Å²) in [6.07, 6.45) is 0.488. The minimum Gasteiger partial charge on any atom is -0.352 e. The van der Waals surface area contributed by atoms with E-state index in [1.807, 2.05) is 0 Å². The minimum atomic E-state index is -0.797. The van der Waals surface area contributed by atoms with E-state index in [4.69, 9.17) is 9.47 Å². The third-order valence-electron chi connectivity index (χ3n) is 3.04. The third kappa shape index (κ3) is 1.07. The molecule has 78 valence electrons. The van der Waals surface area contributed by atoms with Gasteiger partial charge in [-0.1, -0.05) is 31.9 Å². The Bertz CT molecular complexity index is 320. The minimum absolute atomic E-state index is 0.00984. The quantitative estimate of drug-likeness (QED) is 0.730. The maximum Gasteiger partial charge on any atom is 0.189 e. The molecule has 0 heterocycles. The number of hydrogen-bond donors (Lipinski definition) is 0. The molecule has 2 aliphatic rings. The highest BCUT2D eigenvalue weighted by atomic mass is 79.9. The van der Waals surface area contributed by atoms with Crippen molar-refractivity contribution in [3.8, 4) is 0 Å². The Labute approximate surface area is 99.1 Å². The van der Waals surface area contributed by atoms with Gasteiger partial charge in [-0.3, -0.25) is 4.79 Å². The van der Waals surface area contributed by atoms with Crippen LogP contribution in [-0.2, 0) is 14.3 Å². The summed E-state index contributed by atoms with van der Waals surface area (Å²) in [7, 11) is 3.15. The number of fused-ring (bicyclic) bond motifs is 2. The maximum atomic E-state index is 11.7. The predicted molar refractivity (Wildman–Crippen MR) is 58.2 cm³/mol. The summed E-state index contributed by atoms with van der Waals surface area (Å²) in [5.74, 6) is -0.940. The van der Waals surface area contributed by atoms with Crippen LogP contribution < -0.4 is 0 Å². The average Bonchev–Trinajstić information content (AvgIpc) is 2.57. The highest BCUT2D eigenvalue weighted by Gasteiger charge is 2.63. The highest BCUT2D eigenvalue weighted by Crippen LogP contribution is 2.58. The van der Waals surface area contributed by atoms with E-state index < -0.39 is 5.79 Å². The summed E-state index contributed by atoms with van der Waals surface area (Å²) in [6, 6.07) is 0. The smallest absolute Gasteiger partial charge is 0.189 e. The van der Waals surface area contributed by atoms with Crippen LogP contribution in [0.5, 0.6) is 0 Å². The zero-order chi connectivity index (χ0) is 10.5. The van der Waals surface area contributed by atoms with E-state index in [1.54, 1.807) is 14.2 Å². The summed E-state index contributed by atoms with van der Waals surface area (Å²) in [5, 5.41) is 0. The number of carbonyl (C=O) groups is 1. The van der Waals surface area contributed by atoms with Gasteiger partial charge in [0, 0.05) is 29.6 Å². The van der Waals surface area contributed by atoms with Crippen LogP contribution in [0.4, 0.5) is 0 Å². The number of methoxy groups -OCH3 is 2. The normalized spacial score (nSPS) is 34.4. The molecule has 0 amide bonds. The van der Waals surface area contributed by atoms with Crippen molar-refractivity contribution in [3.05, 3.63) is 8.96 Å². The summed E-state index contributed by atoms with van der Waals surface area (Å²) in [4.78, 5) is 11.7. The SMILES string of the molecule is COC1(OC)[C@@H]2C(=O)C[C@H]1C(Br)=C2Br. The van der Waals surface area contributed by atoms with E-state index in [9.17, 15) is 4.79 Å². The first-order valence-corrected chi connectivity index (χ1v) is 5.85. The maximum absolute atomic E-state index is 11.7. The number of ether oxygens (including phenoxy) is 2. The lowest BCUT2D eigenvalue weighted by Gasteiger charge is -2.30. The highest BCUT2D eigenvalue weighted by molar-refractivity contribution is 9.14. The van der Waals surface area contributed by atoms with Crippen LogP contribution in [0.2, 0.25) is 0 Å². The van der Waals surface area contributed by atoms with Gasteiger partial charge in [-0.05, 0) is 0 Å². The zero-order valence-corrected chi connectivity index (χ0v) is 11.0. The Kier molecular flexibility index (Phi) is 2.62. The number of rotatable bonds is 2. The van der Waals surface area contributed by atoms with Gasteiger partial charge in [0.15, 0.2) is 5.79 Å². The molecule has 1 saturated carbocycles. The molecule has 2 aliphatic carbocycles. The van der Waals surface area contributed by atoms with Gasteiger partial charge in [0.2, 0.25) is 0 Å². The van der Waals surface area contributed by atoms with Gasteiger partial charge in [0.25, 0.3) is 0 Å². The number of Topliss-reactive ketones (excluding diaryl/α,β-unsaturated/α-hetero) is 1. The van der Waals surface area contributed by atoms with E-state index in [1.165, 1.54) is 0 Å². The first kappa shape index (κ1) is 10.8. The molecule has 0 radical (unpaired) electrons. The molecule has 0 aromatic carbocycles. The second-order valence-electron chi connectivity index (χ2n) is 3.48. The fourth-order valence-corrected chi connectivity index (χ4v) is 3.94. The Morgan fingerprint density at radius 3 is 2.21 bits per heavy atom. The number of carbonyl (C=O) groups excluding carboxylic acids is 1. The van der Waals surface area contributed by atoms with Crippen LogP contribution in [-0.4, -0.2) is 25.8 Å². The third-order valence-corrected chi connectivity index (χ3v) is 5.44. The molecule has 2 rings (SSSR count). The second-order valence-corrected chi connectivity index (χ2v) is 5.19. The Balaban J connectivity index is 2.49. The summed E-state index contributed by atoms with van der Waals surface area (Å²) < 4.78 is 12.7. The molecule has 0 aromatic rings. The average molecular weight is 326 g/mol. The molecule has 14 heavy (non-hydrogen) atoms. The van der Waals surface area contributed by atoms with Crippen LogP contribution in [0.3, 0.4) is 0 Å². The number of halogens is 2. The molecule has 0 unspecified atom stereocenters.